The van der Waals surface area contributed by atoms with E-state index in [4.69, 9.17) is 4.74 Å². The lowest BCUT2D eigenvalue weighted by molar-refractivity contribution is 0.0955. The van der Waals surface area contributed by atoms with E-state index in [1.165, 1.54) is 0 Å². The molecule has 114 valence electrons. The number of amides is 1. The molecule has 0 aliphatic carbocycles. The van der Waals surface area contributed by atoms with E-state index in [1.54, 1.807) is 30.5 Å². The second-order valence-electron chi connectivity index (χ2n) is 4.63. The summed E-state index contributed by atoms with van der Waals surface area (Å²) in [4.78, 5) is 12.0. The quantitative estimate of drug-likeness (QED) is 0.449. The molecule has 0 aromatic heterocycles. The van der Waals surface area contributed by atoms with Crippen LogP contribution in [0.3, 0.4) is 0 Å². The molecule has 0 fully saturated rings. The highest BCUT2D eigenvalue weighted by Crippen LogP contribution is 2.12. The number of nitrogens with one attached hydrogen (secondary N) is 1. The van der Waals surface area contributed by atoms with E-state index in [-0.39, 0.29) is 5.91 Å². The van der Waals surface area contributed by atoms with Gasteiger partial charge in [0.05, 0.1) is 12.8 Å². The van der Waals surface area contributed by atoms with Crippen LogP contribution >= 0.6 is 22.6 Å². The molecule has 0 aliphatic heterocycles. The van der Waals surface area contributed by atoms with Crippen molar-refractivity contribution in [2.75, 3.05) is 6.61 Å². The Labute approximate surface area is 143 Å². The van der Waals surface area contributed by atoms with Crippen molar-refractivity contribution in [3.05, 3.63) is 63.2 Å². The summed E-state index contributed by atoms with van der Waals surface area (Å²) in [5, 5.41) is 3.97. The van der Waals surface area contributed by atoms with Crippen molar-refractivity contribution >= 4 is 34.7 Å². The Balaban J connectivity index is 1.91. The number of carbonyl (C=O) groups excluding carboxylic acids is 1. The molecule has 0 heterocycles. The molecule has 1 amide bonds. The number of carbonyl (C=O) groups is 1. The van der Waals surface area contributed by atoms with Crippen LogP contribution in [0.1, 0.15) is 29.3 Å². The summed E-state index contributed by atoms with van der Waals surface area (Å²) in [6, 6.07) is 14.9. The minimum Gasteiger partial charge on any atom is -0.494 e. The Morgan fingerprint density at radius 2 is 2.05 bits per heavy atom. The maximum Gasteiger partial charge on any atom is 0.271 e. The molecule has 0 bridgehead atoms. The van der Waals surface area contributed by atoms with Gasteiger partial charge < -0.3 is 4.74 Å². The van der Waals surface area contributed by atoms with Gasteiger partial charge in [0, 0.05) is 9.13 Å². The lowest BCUT2D eigenvalue weighted by atomic mass is 10.2. The number of hydrazone groups is 1. The summed E-state index contributed by atoms with van der Waals surface area (Å²) in [6.07, 6.45) is 2.58. The minimum absolute atomic E-state index is 0.246. The van der Waals surface area contributed by atoms with Crippen LogP contribution in [0.5, 0.6) is 5.75 Å². The fraction of sp³-hybridized carbons (Fsp3) is 0.176. The number of halogens is 1. The van der Waals surface area contributed by atoms with Crippen molar-refractivity contribution in [3.8, 4) is 5.75 Å². The molecule has 0 spiro atoms. The van der Waals surface area contributed by atoms with Gasteiger partial charge in [-0.15, -0.1) is 0 Å². The summed E-state index contributed by atoms with van der Waals surface area (Å²) in [7, 11) is 0. The van der Waals surface area contributed by atoms with E-state index in [2.05, 4.69) is 33.1 Å². The van der Waals surface area contributed by atoms with Crippen LogP contribution < -0.4 is 10.2 Å². The topological polar surface area (TPSA) is 50.7 Å². The van der Waals surface area contributed by atoms with Gasteiger partial charge in [-0.05, 0) is 71.0 Å². The second-order valence-corrected chi connectivity index (χ2v) is 5.87. The summed E-state index contributed by atoms with van der Waals surface area (Å²) < 4.78 is 6.60. The third kappa shape index (κ3) is 5.14. The van der Waals surface area contributed by atoms with Gasteiger partial charge in [0.15, 0.2) is 0 Å². The third-order valence-electron chi connectivity index (χ3n) is 2.82. The molecule has 2 aromatic rings. The van der Waals surface area contributed by atoms with Crippen molar-refractivity contribution in [3.63, 3.8) is 0 Å². The van der Waals surface area contributed by atoms with E-state index < -0.39 is 0 Å². The SMILES string of the molecule is CCCOc1ccc(C(=O)N/N=C/c2cccc(I)c2)cc1. The number of nitrogens with zero attached hydrogens (tertiary/aromatic N) is 1. The average Bonchev–Trinajstić information content (AvgIpc) is 2.53. The van der Waals surface area contributed by atoms with Crippen molar-refractivity contribution in [1.29, 1.82) is 0 Å². The zero-order chi connectivity index (χ0) is 15.8. The monoisotopic (exact) mass is 408 g/mol. The van der Waals surface area contributed by atoms with Gasteiger partial charge in [-0.3, -0.25) is 4.79 Å². The highest BCUT2D eigenvalue weighted by Gasteiger charge is 2.04. The Morgan fingerprint density at radius 3 is 2.73 bits per heavy atom. The first-order valence-electron chi connectivity index (χ1n) is 7.01. The predicted molar refractivity (Wildman–Crippen MR) is 96.4 cm³/mol. The van der Waals surface area contributed by atoms with Crippen molar-refractivity contribution < 1.29 is 9.53 Å². The predicted octanol–water partition coefficient (Wildman–Crippen LogP) is 3.84. The van der Waals surface area contributed by atoms with Gasteiger partial charge in [0.25, 0.3) is 5.91 Å². The van der Waals surface area contributed by atoms with Gasteiger partial charge in [-0.2, -0.15) is 5.10 Å². The normalized spacial score (nSPS) is 10.6. The van der Waals surface area contributed by atoms with E-state index >= 15 is 0 Å². The molecule has 0 atom stereocenters. The molecule has 22 heavy (non-hydrogen) atoms. The van der Waals surface area contributed by atoms with Crippen LogP contribution in [0.15, 0.2) is 53.6 Å². The summed E-state index contributed by atoms with van der Waals surface area (Å²) >= 11 is 2.23. The van der Waals surface area contributed by atoms with Crippen molar-refractivity contribution in [2.45, 2.75) is 13.3 Å². The first kappa shape index (κ1) is 16.5. The first-order valence-corrected chi connectivity index (χ1v) is 8.08. The van der Waals surface area contributed by atoms with Crippen molar-refractivity contribution in [1.82, 2.24) is 5.43 Å². The molecule has 0 aliphatic rings. The standard InChI is InChI=1S/C17H17IN2O2/c1-2-10-22-16-8-6-14(7-9-16)17(21)20-19-12-13-4-3-5-15(18)11-13/h3-9,11-12H,2,10H2,1H3,(H,20,21)/b19-12+. The Hall–Kier alpha value is -1.89. The number of hydrogen-bond donors (Lipinski definition) is 1. The summed E-state index contributed by atoms with van der Waals surface area (Å²) in [5.74, 6) is 0.518. The number of rotatable bonds is 6. The van der Waals surface area contributed by atoms with Crippen molar-refractivity contribution in [2.24, 2.45) is 5.10 Å². The number of benzene rings is 2. The van der Waals surface area contributed by atoms with Crippen LogP contribution in [-0.4, -0.2) is 18.7 Å². The van der Waals surface area contributed by atoms with Gasteiger partial charge in [0.1, 0.15) is 5.75 Å². The molecule has 2 rings (SSSR count). The van der Waals surface area contributed by atoms with E-state index in [0.29, 0.717) is 12.2 Å². The summed E-state index contributed by atoms with van der Waals surface area (Å²) in [5.41, 5.74) is 4.00. The zero-order valence-corrected chi connectivity index (χ0v) is 14.4. The Bertz CT molecular complexity index is 654. The maximum absolute atomic E-state index is 12.0. The first-order chi connectivity index (χ1) is 10.7. The minimum atomic E-state index is -0.246. The number of hydrogen-bond acceptors (Lipinski definition) is 3. The van der Waals surface area contributed by atoms with Gasteiger partial charge in [0.2, 0.25) is 0 Å². The van der Waals surface area contributed by atoms with Crippen LogP contribution in [0.4, 0.5) is 0 Å². The Kier molecular flexibility index (Phi) is 6.39. The molecule has 5 heteroatoms. The zero-order valence-electron chi connectivity index (χ0n) is 12.3. The van der Waals surface area contributed by atoms with Gasteiger partial charge in [-0.1, -0.05) is 19.1 Å². The Morgan fingerprint density at radius 1 is 1.27 bits per heavy atom. The summed E-state index contributed by atoms with van der Waals surface area (Å²) in [6.45, 7) is 2.72. The lowest BCUT2D eigenvalue weighted by Gasteiger charge is -2.05. The van der Waals surface area contributed by atoms with Crippen LogP contribution in [0.25, 0.3) is 0 Å². The van der Waals surface area contributed by atoms with Gasteiger partial charge >= 0.3 is 0 Å². The van der Waals surface area contributed by atoms with E-state index in [1.807, 2.05) is 31.2 Å². The smallest absolute Gasteiger partial charge is 0.271 e. The molecule has 0 saturated heterocycles. The highest BCUT2D eigenvalue weighted by molar-refractivity contribution is 14.1. The molecule has 0 saturated carbocycles. The molecular weight excluding hydrogens is 391 g/mol. The van der Waals surface area contributed by atoms with Crippen LogP contribution in [0, 0.1) is 3.57 Å². The average molecular weight is 408 g/mol. The molecule has 4 nitrogen and oxygen atoms in total. The maximum atomic E-state index is 12.0. The van der Waals surface area contributed by atoms with Crippen LogP contribution in [-0.2, 0) is 0 Å². The van der Waals surface area contributed by atoms with Gasteiger partial charge in [-0.25, -0.2) is 5.43 Å². The molecule has 1 N–H and O–H groups in total. The highest BCUT2D eigenvalue weighted by atomic mass is 127. The van der Waals surface area contributed by atoms with E-state index in [0.717, 1.165) is 21.3 Å². The lowest BCUT2D eigenvalue weighted by Crippen LogP contribution is -2.17. The molecule has 0 radical (unpaired) electrons. The third-order valence-corrected chi connectivity index (χ3v) is 3.49. The molecule has 0 unspecified atom stereocenters. The fourth-order valence-corrected chi connectivity index (χ4v) is 2.31. The molecule has 2 aromatic carbocycles. The fourth-order valence-electron chi connectivity index (χ4n) is 1.74. The number of ether oxygens (including phenoxy) is 1. The van der Waals surface area contributed by atoms with Crippen LogP contribution in [0.2, 0.25) is 0 Å². The largest absolute Gasteiger partial charge is 0.494 e. The van der Waals surface area contributed by atoms with E-state index in [9.17, 15) is 4.79 Å². The second kappa shape index (κ2) is 8.53. The molecular formula is C17H17IN2O2.